The molecule has 1 aliphatic carbocycles. The number of aromatic carboxylic acids is 1. The third-order valence-electron chi connectivity index (χ3n) is 7.35. The van der Waals surface area contributed by atoms with Crippen LogP contribution < -0.4 is 4.90 Å². The number of anilines is 1. The van der Waals surface area contributed by atoms with E-state index in [1.165, 1.54) is 0 Å². The molecule has 0 radical (unpaired) electrons. The van der Waals surface area contributed by atoms with Crippen LogP contribution in [-0.4, -0.2) is 52.9 Å². The summed E-state index contributed by atoms with van der Waals surface area (Å²) in [7, 11) is 3.95. The lowest BCUT2D eigenvalue weighted by atomic mass is 9.76. The number of Topliss-reactive ketones (excluding diaryl/α,β-unsaturated/α-hetero) is 1. The molecule has 6 nitrogen and oxygen atoms in total. The van der Waals surface area contributed by atoms with Crippen LogP contribution in [0.5, 0.6) is 0 Å². The van der Waals surface area contributed by atoms with E-state index in [1.54, 1.807) is 18.2 Å². The second kappa shape index (κ2) is 8.19. The first-order valence-electron chi connectivity index (χ1n) is 12.0. The van der Waals surface area contributed by atoms with E-state index in [1.807, 2.05) is 82.2 Å². The number of carboxylic acids is 1. The van der Waals surface area contributed by atoms with Crippen molar-refractivity contribution in [1.29, 1.82) is 0 Å². The van der Waals surface area contributed by atoms with Gasteiger partial charge in [0, 0.05) is 42.9 Å². The molecule has 3 aromatic carbocycles. The number of carboxylic acid groups (broad SMARTS) is 1. The minimum absolute atomic E-state index is 0.00992. The third-order valence-corrected chi connectivity index (χ3v) is 7.35. The summed E-state index contributed by atoms with van der Waals surface area (Å²) in [6, 6.07) is 16.9. The molecule has 5 rings (SSSR count). The van der Waals surface area contributed by atoms with Crippen LogP contribution in [0.2, 0.25) is 0 Å². The number of benzene rings is 3. The Labute approximate surface area is 210 Å². The van der Waals surface area contributed by atoms with Crippen molar-refractivity contribution in [2.45, 2.75) is 26.2 Å². The average Bonchev–Trinajstić information content (AvgIpc) is 3.07. The Balaban J connectivity index is 1.63. The van der Waals surface area contributed by atoms with Gasteiger partial charge in [-0.05, 0) is 49.9 Å². The maximum atomic E-state index is 13.4. The molecule has 0 spiro atoms. The first-order valence-corrected chi connectivity index (χ1v) is 12.0. The highest BCUT2D eigenvalue weighted by Crippen LogP contribution is 2.44. The van der Waals surface area contributed by atoms with Crippen molar-refractivity contribution in [3.05, 3.63) is 88.7 Å². The van der Waals surface area contributed by atoms with Gasteiger partial charge in [0.2, 0.25) is 11.5 Å². The summed E-state index contributed by atoms with van der Waals surface area (Å²) in [6.07, 6.45) is 1.77. The van der Waals surface area contributed by atoms with Gasteiger partial charge in [0.1, 0.15) is 12.3 Å². The third kappa shape index (κ3) is 3.28. The second-order valence-corrected chi connectivity index (χ2v) is 9.97. The Morgan fingerprint density at radius 1 is 1.06 bits per heavy atom. The van der Waals surface area contributed by atoms with E-state index in [0.717, 1.165) is 33.4 Å². The Bertz CT molecular complexity index is 1570. The smallest absolute Gasteiger partial charge is 0.335 e. The van der Waals surface area contributed by atoms with E-state index in [4.69, 9.17) is 0 Å². The van der Waals surface area contributed by atoms with Gasteiger partial charge in [-0.3, -0.25) is 4.79 Å². The Kier molecular flexibility index (Phi) is 5.36. The molecule has 1 aliphatic heterocycles. The molecule has 0 aromatic heterocycles. The number of ketones is 1. The van der Waals surface area contributed by atoms with E-state index >= 15 is 0 Å². The molecule has 0 saturated carbocycles. The predicted octanol–water partition coefficient (Wildman–Crippen LogP) is 5.48. The fourth-order valence-corrected chi connectivity index (χ4v) is 5.44. The van der Waals surface area contributed by atoms with Crippen LogP contribution in [0.15, 0.2) is 72.0 Å². The molecule has 0 bridgehead atoms. The van der Waals surface area contributed by atoms with Gasteiger partial charge in [0.15, 0.2) is 5.71 Å². The van der Waals surface area contributed by atoms with Crippen LogP contribution >= 0.6 is 0 Å². The van der Waals surface area contributed by atoms with Gasteiger partial charge < -0.3 is 15.1 Å². The zero-order valence-electron chi connectivity index (χ0n) is 21.1. The van der Waals surface area contributed by atoms with Crippen LogP contribution in [0.25, 0.3) is 16.3 Å². The van der Waals surface area contributed by atoms with Gasteiger partial charge in [0.05, 0.1) is 22.1 Å². The molecule has 3 aromatic rings. The van der Waals surface area contributed by atoms with Crippen molar-refractivity contribution in [3.63, 3.8) is 0 Å². The first-order chi connectivity index (χ1) is 17.1. The summed E-state index contributed by atoms with van der Waals surface area (Å²) in [5.74, 6) is -1.18. The number of allylic oxidation sites excluding steroid dienone is 3. The molecule has 6 heteroatoms. The maximum absolute atomic E-state index is 13.4. The number of carbonyl (C=O) groups excluding carboxylic acids is 1. The summed E-state index contributed by atoms with van der Waals surface area (Å²) < 4.78 is 2.08. The summed E-state index contributed by atoms with van der Waals surface area (Å²) in [5.41, 5.74) is 4.70. The van der Waals surface area contributed by atoms with Crippen LogP contribution in [0.3, 0.4) is 0 Å². The minimum Gasteiger partial charge on any atom is -0.506 e. The SMILES string of the molecule is CC[N+]1=C(C=C2C(=O)C(c3ccc(N(C)C)c4ccccc34)=C2O)C(C)(C)c2cc(C(=O)O)ccc21. The standard InChI is InChI=1S/C30H28N2O4/c1-6-32-24-13-11-17(29(35)36)15-22(24)30(2,3)25(32)16-21-27(33)26(28(21)34)20-12-14-23(31(4)5)19-10-8-7-9-18(19)20/h7-16H,6H2,1-5H3,(H-,33,34,35,36)/p+1. The number of nitrogens with zero attached hydrogens (tertiary/aromatic N) is 2. The van der Waals surface area contributed by atoms with Gasteiger partial charge in [-0.2, -0.15) is 4.58 Å². The quantitative estimate of drug-likeness (QED) is 0.373. The van der Waals surface area contributed by atoms with Crippen molar-refractivity contribution in [2.75, 3.05) is 25.5 Å². The van der Waals surface area contributed by atoms with Crippen molar-refractivity contribution in [2.24, 2.45) is 0 Å². The van der Waals surface area contributed by atoms with Crippen LogP contribution in [0, 0.1) is 0 Å². The van der Waals surface area contributed by atoms with Crippen LogP contribution in [-0.2, 0) is 10.2 Å². The lowest BCUT2D eigenvalue weighted by Crippen LogP contribution is -2.31. The van der Waals surface area contributed by atoms with Crippen molar-refractivity contribution < 1.29 is 24.4 Å². The van der Waals surface area contributed by atoms with E-state index in [-0.39, 0.29) is 22.7 Å². The summed E-state index contributed by atoms with van der Waals surface area (Å²) >= 11 is 0. The Hall–Kier alpha value is -4.19. The van der Waals surface area contributed by atoms with Crippen LogP contribution in [0.4, 0.5) is 11.4 Å². The summed E-state index contributed by atoms with van der Waals surface area (Å²) in [5, 5.41) is 22.5. The normalized spacial score (nSPS) is 17.6. The Morgan fingerprint density at radius 2 is 1.75 bits per heavy atom. The molecule has 36 heavy (non-hydrogen) atoms. The second-order valence-electron chi connectivity index (χ2n) is 9.97. The summed E-state index contributed by atoms with van der Waals surface area (Å²) in [4.78, 5) is 27.0. The van der Waals surface area contributed by atoms with E-state index in [2.05, 4.69) is 4.58 Å². The molecule has 0 fully saturated rings. The number of hydrogen-bond acceptors (Lipinski definition) is 4. The summed E-state index contributed by atoms with van der Waals surface area (Å²) in [6.45, 7) is 6.68. The highest BCUT2D eigenvalue weighted by molar-refractivity contribution is 6.41. The molecule has 182 valence electrons. The fraction of sp³-hybridized carbons (Fsp3) is 0.233. The average molecular weight is 482 g/mol. The first kappa shape index (κ1) is 23.5. The topological polar surface area (TPSA) is 80.8 Å². The molecule has 0 atom stereocenters. The lowest BCUT2D eigenvalue weighted by Gasteiger charge is -2.25. The van der Waals surface area contributed by atoms with Gasteiger partial charge in [-0.15, -0.1) is 0 Å². The highest BCUT2D eigenvalue weighted by atomic mass is 16.4. The molecular formula is C30H29N2O4+. The Morgan fingerprint density at radius 3 is 2.36 bits per heavy atom. The maximum Gasteiger partial charge on any atom is 0.335 e. The van der Waals surface area contributed by atoms with E-state index < -0.39 is 11.4 Å². The highest BCUT2D eigenvalue weighted by Gasteiger charge is 2.46. The zero-order chi connectivity index (χ0) is 25.9. The number of rotatable bonds is 5. The molecule has 0 unspecified atom stereocenters. The van der Waals surface area contributed by atoms with Gasteiger partial charge in [-0.25, -0.2) is 4.79 Å². The predicted molar refractivity (Wildman–Crippen MR) is 143 cm³/mol. The zero-order valence-corrected chi connectivity index (χ0v) is 21.1. The molecule has 1 heterocycles. The van der Waals surface area contributed by atoms with Crippen molar-refractivity contribution in [3.8, 4) is 0 Å². The van der Waals surface area contributed by atoms with E-state index in [0.29, 0.717) is 17.7 Å². The number of aliphatic hydroxyl groups is 1. The molecule has 2 N–H and O–H groups in total. The molecule has 0 saturated heterocycles. The number of aliphatic hydroxyl groups excluding tert-OH is 1. The largest absolute Gasteiger partial charge is 0.506 e. The van der Waals surface area contributed by atoms with Gasteiger partial charge in [-0.1, -0.05) is 30.3 Å². The van der Waals surface area contributed by atoms with Crippen molar-refractivity contribution >= 4 is 45.2 Å². The molecule has 0 amide bonds. The van der Waals surface area contributed by atoms with Gasteiger partial charge >= 0.3 is 5.97 Å². The van der Waals surface area contributed by atoms with Crippen molar-refractivity contribution in [1.82, 2.24) is 0 Å². The number of carbonyl (C=O) groups is 2. The van der Waals surface area contributed by atoms with Crippen LogP contribution in [0.1, 0.15) is 42.3 Å². The molecular weight excluding hydrogens is 452 g/mol. The fourth-order valence-electron chi connectivity index (χ4n) is 5.44. The number of fused-ring (bicyclic) bond motifs is 2. The van der Waals surface area contributed by atoms with Gasteiger partial charge in [0.25, 0.3) is 0 Å². The monoisotopic (exact) mass is 481 g/mol. The number of hydrogen-bond donors (Lipinski definition) is 2. The lowest BCUT2D eigenvalue weighted by molar-refractivity contribution is -0.433. The molecule has 2 aliphatic rings. The minimum atomic E-state index is -0.977. The van der Waals surface area contributed by atoms with E-state index in [9.17, 15) is 19.8 Å².